The van der Waals surface area contributed by atoms with Crippen LogP contribution >= 0.6 is 11.6 Å². The Labute approximate surface area is 105 Å². The van der Waals surface area contributed by atoms with Crippen LogP contribution in [-0.4, -0.2) is 25.0 Å². The Kier molecular flexibility index (Phi) is 4.97. The number of amides is 1. The van der Waals surface area contributed by atoms with Crippen molar-refractivity contribution in [2.75, 3.05) is 7.11 Å². The number of hydrogen-bond donors (Lipinski definition) is 1. The van der Waals surface area contributed by atoms with Crippen molar-refractivity contribution < 1.29 is 14.3 Å². The SMILES string of the molecule is COC(=O)CC(C)NC(=O)c1ccccc1Cl. The molecule has 1 rings (SSSR count). The Morgan fingerprint density at radius 3 is 2.65 bits per heavy atom. The zero-order valence-electron chi connectivity index (χ0n) is 9.70. The summed E-state index contributed by atoms with van der Waals surface area (Å²) in [5.41, 5.74) is 0.394. The molecule has 0 heterocycles. The maximum absolute atomic E-state index is 11.8. The van der Waals surface area contributed by atoms with Gasteiger partial charge in [-0.1, -0.05) is 23.7 Å². The van der Waals surface area contributed by atoms with Gasteiger partial charge in [-0.05, 0) is 19.1 Å². The minimum atomic E-state index is -0.364. The van der Waals surface area contributed by atoms with Crippen LogP contribution in [0, 0.1) is 0 Å². The minimum Gasteiger partial charge on any atom is -0.469 e. The fraction of sp³-hybridized carbons (Fsp3) is 0.333. The lowest BCUT2D eigenvalue weighted by atomic mass is 10.2. The summed E-state index contributed by atoms with van der Waals surface area (Å²) < 4.78 is 4.52. The molecule has 0 saturated heterocycles. The number of nitrogens with one attached hydrogen (secondary N) is 1. The average molecular weight is 256 g/mol. The minimum absolute atomic E-state index is 0.132. The van der Waals surface area contributed by atoms with Gasteiger partial charge in [0.05, 0.1) is 24.1 Å². The molecule has 0 aromatic heterocycles. The van der Waals surface area contributed by atoms with Crippen molar-refractivity contribution in [1.82, 2.24) is 5.32 Å². The molecule has 0 aliphatic carbocycles. The van der Waals surface area contributed by atoms with E-state index in [-0.39, 0.29) is 24.3 Å². The Morgan fingerprint density at radius 1 is 1.41 bits per heavy atom. The molecule has 5 heteroatoms. The van der Waals surface area contributed by atoms with Crippen LogP contribution in [-0.2, 0) is 9.53 Å². The van der Waals surface area contributed by atoms with Gasteiger partial charge in [0.15, 0.2) is 0 Å². The number of ether oxygens (including phenoxy) is 1. The second kappa shape index (κ2) is 6.25. The predicted octanol–water partition coefficient (Wildman–Crippen LogP) is 2.02. The average Bonchev–Trinajstić information content (AvgIpc) is 2.29. The topological polar surface area (TPSA) is 55.4 Å². The molecular weight excluding hydrogens is 242 g/mol. The van der Waals surface area contributed by atoms with Crippen LogP contribution in [0.15, 0.2) is 24.3 Å². The number of hydrogen-bond acceptors (Lipinski definition) is 3. The van der Waals surface area contributed by atoms with Gasteiger partial charge in [-0.15, -0.1) is 0 Å². The number of methoxy groups -OCH3 is 1. The summed E-state index contributed by atoms with van der Waals surface area (Å²) in [6.45, 7) is 1.73. The van der Waals surface area contributed by atoms with E-state index >= 15 is 0 Å². The maximum Gasteiger partial charge on any atom is 0.307 e. The summed E-state index contributed by atoms with van der Waals surface area (Å²) >= 11 is 5.88. The van der Waals surface area contributed by atoms with Gasteiger partial charge in [0.25, 0.3) is 5.91 Å². The standard InChI is InChI=1S/C12H14ClNO3/c1-8(7-11(15)17-2)14-12(16)9-5-3-4-6-10(9)13/h3-6,8H,7H2,1-2H3,(H,14,16). The monoisotopic (exact) mass is 255 g/mol. The fourth-order valence-electron chi connectivity index (χ4n) is 1.33. The molecule has 92 valence electrons. The van der Waals surface area contributed by atoms with Gasteiger partial charge in [-0.25, -0.2) is 0 Å². The van der Waals surface area contributed by atoms with E-state index in [0.29, 0.717) is 10.6 Å². The first kappa shape index (κ1) is 13.5. The highest BCUT2D eigenvalue weighted by Crippen LogP contribution is 2.14. The van der Waals surface area contributed by atoms with Crippen LogP contribution in [0.5, 0.6) is 0 Å². The summed E-state index contributed by atoms with van der Waals surface area (Å²) in [4.78, 5) is 22.8. The predicted molar refractivity (Wildman–Crippen MR) is 65.0 cm³/mol. The molecule has 0 radical (unpaired) electrons. The fourth-order valence-corrected chi connectivity index (χ4v) is 1.55. The summed E-state index contributed by atoms with van der Waals surface area (Å²) in [5.74, 6) is -0.663. The van der Waals surface area contributed by atoms with E-state index in [1.54, 1.807) is 31.2 Å². The molecule has 1 N–H and O–H groups in total. The van der Waals surface area contributed by atoms with Gasteiger partial charge in [-0.3, -0.25) is 9.59 Å². The zero-order valence-corrected chi connectivity index (χ0v) is 10.5. The number of esters is 1. The number of carbonyl (C=O) groups excluding carboxylic acids is 2. The maximum atomic E-state index is 11.8. The summed E-state index contributed by atoms with van der Waals surface area (Å²) in [6.07, 6.45) is 0.132. The van der Waals surface area contributed by atoms with Crippen molar-refractivity contribution in [3.63, 3.8) is 0 Å². The lowest BCUT2D eigenvalue weighted by Gasteiger charge is -2.13. The van der Waals surface area contributed by atoms with Gasteiger partial charge in [0.2, 0.25) is 0 Å². The lowest BCUT2D eigenvalue weighted by molar-refractivity contribution is -0.141. The highest BCUT2D eigenvalue weighted by Gasteiger charge is 2.15. The van der Waals surface area contributed by atoms with E-state index in [4.69, 9.17) is 11.6 Å². The summed E-state index contributed by atoms with van der Waals surface area (Å²) in [5, 5.41) is 3.06. The quantitative estimate of drug-likeness (QED) is 0.838. The molecule has 0 aliphatic heterocycles. The van der Waals surface area contributed by atoms with E-state index in [1.165, 1.54) is 7.11 Å². The molecule has 0 saturated carbocycles. The molecule has 1 aromatic carbocycles. The van der Waals surface area contributed by atoms with Crippen molar-refractivity contribution in [2.24, 2.45) is 0 Å². The first-order valence-electron chi connectivity index (χ1n) is 5.16. The van der Waals surface area contributed by atoms with Crippen LogP contribution < -0.4 is 5.32 Å². The van der Waals surface area contributed by atoms with Crippen molar-refractivity contribution in [3.8, 4) is 0 Å². The third-order valence-electron chi connectivity index (χ3n) is 2.20. The van der Waals surface area contributed by atoms with Crippen LogP contribution in [0.25, 0.3) is 0 Å². The number of halogens is 1. The van der Waals surface area contributed by atoms with Crippen LogP contribution in [0.3, 0.4) is 0 Å². The number of benzene rings is 1. The Morgan fingerprint density at radius 2 is 2.06 bits per heavy atom. The second-order valence-corrected chi connectivity index (χ2v) is 4.04. The van der Waals surface area contributed by atoms with Crippen LogP contribution in [0.1, 0.15) is 23.7 Å². The highest BCUT2D eigenvalue weighted by molar-refractivity contribution is 6.33. The van der Waals surface area contributed by atoms with Gasteiger partial charge < -0.3 is 10.1 Å². The van der Waals surface area contributed by atoms with Crippen molar-refractivity contribution in [3.05, 3.63) is 34.9 Å². The third-order valence-corrected chi connectivity index (χ3v) is 2.53. The van der Waals surface area contributed by atoms with E-state index < -0.39 is 0 Å². The largest absolute Gasteiger partial charge is 0.469 e. The van der Waals surface area contributed by atoms with Crippen LogP contribution in [0.4, 0.5) is 0 Å². The Bertz CT molecular complexity index is 420. The Balaban J connectivity index is 2.61. The molecule has 1 aromatic rings. The van der Waals surface area contributed by atoms with E-state index in [2.05, 4.69) is 10.1 Å². The lowest BCUT2D eigenvalue weighted by Crippen LogP contribution is -2.34. The molecular formula is C12H14ClNO3. The smallest absolute Gasteiger partial charge is 0.307 e. The van der Waals surface area contributed by atoms with E-state index in [0.717, 1.165) is 0 Å². The molecule has 0 spiro atoms. The molecule has 4 nitrogen and oxygen atoms in total. The molecule has 1 amide bonds. The number of rotatable bonds is 4. The van der Waals surface area contributed by atoms with Gasteiger partial charge in [-0.2, -0.15) is 0 Å². The van der Waals surface area contributed by atoms with E-state index in [9.17, 15) is 9.59 Å². The van der Waals surface area contributed by atoms with Gasteiger partial charge in [0, 0.05) is 6.04 Å². The van der Waals surface area contributed by atoms with Crippen molar-refractivity contribution >= 4 is 23.5 Å². The van der Waals surface area contributed by atoms with Crippen molar-refractivity contribution in [1.29, 1.82) is 0 Å². The van der Waals surface area contributed by atoms with Gasteiger partial charge in [0.1, 0.15) is 0 Å². The normalized spacial score (nSPS) is 11.7. The zero-order chi connectivity index (χ0) is 12.8. The third kappa shape index (κ3) is 4.07. The molecule has 0 aliphatic rings. The molecule has 1 unspecified atom stereocenters. The molecule has 1 atom stereocenters. The molecule has 17 heavy (non-hydrogen) atoms. The summed E-state index contributed by atoms with van der Waals surface area (Å²) in [6, 6.07) is 6.44. The second-order valence-electron chi connectivity index (χ2n) is 3.63. The first-order chi connectivity index (χ1) is 8.04. The van der Waals surface area contributed by atoms with Gasteiger partial charge >= 0.3 is 5.97 Å². The van der Waals surface area contributed by atoms with E-state index in [1.807, 2.05) is 0 Å². The number of carbonyl (C=O) groups is 2. The molecule has 0 bridgehead atoms. The molecule has 0 fully saturated rings. The van der Waals surface area contributed by atoms with Crippen LogP contribution in [0.2, 0.25) is 5.02 Å². The van der Waals surface area contributed by atoms with Crippen molar-refractivity contribution in [2.45, 2.75) is 19.4 Å². The first-order valence-corrected chi connectivity index (χ1v) is 5.54. The summed E-state index contributed by atoms with van der Waals surface area (Å²) in [7, 11) is 1.31. The Hall–Kier alpha value is -1.55. The highest BCUT2D eigenvalue weighted by atomic mass is 35.5.